The average molecular weight is 652 g/mol. The van der Waals surface area contributed by atoms with E-state index in [1.807, 2.05) is 12.2 Å². The van der Waals surface area contributed by atoms with Crippen molar-refractivity contribution in [3.63, 3.8) is 0 Å². The van der Waals surface area contributed by atoms with Gasteiger partial charge >= 0.3 is 13.8 Å². The number of esters is 1. The maximum Gasteiger partial charge on any atom is 0.472 e. The van der Waals surface area contributed by atoms with Crippen LogP contribution >= 0.6 is 7.82 Å². The van der Waals surface area contributed by atoms with E-state index in [1.165, 1.54) is 0 Å². The lowest BCUT2D eigenvalue weighted by molar-refractivity contribution is -0.147. The number of rotatable bonds is 29. The number of phosphoric ester groups is 1. The molecule has 0 spiro atoms. The van der Waals surface area contributed by atoms with Crippen molar-refractivity contribution >= 4 is 19.7 Å². The van der Waals surface area contributed by atoms with Gasteiger partial charge < -0.3 is 20.1 Å². The summed E-state index contributed by atoms with van der Waals surface area (Å²) in [6, 6.07) is 0. The van der Waals surface area contributed by atoms with Gasteiger partial charge in [0.15, 0.2) is 0 Å². The lowest BCUT2D eigenvalue weighted by atomic mass is 10.1. The van der Waals surface area contributed by atoms with Gasteiger partial charge in [-0.15, -0.1) is 0 Å². The average Bonchev–Trinajstić information content (AvgIpc) is 3.02. The van der Waals surface area contributed by atoms with E-state index in [0.717, 1.165) is 70.6 Å². The van der Waals surface area contributed by atoms with Crippen molar-refractivity contribution in [3.05, 3.63) is 72.9 Å². The number of phosphoric acid groups is 1. The highest BCUT2D eigenvalue weighted by atomic mass is 31.2. The molecule has 0 aliphatic heterocycles. The summed E-state index contributed by atoms with van der Waals surface area (Å²) >= 11 is 0. The Labute approximate surface area is 271 Å². The molecule has 0 aromatic rings. The molecule has 1 amide bonds. The van der Waals surface area contributed by atoms with Gasteiger partial charge in [0.25, 0.3) is 0 Å². The van der Waals surface area contributed by atoms with Crippen LogP contribution in [-0.4, -0.2) is 54.3 Å². The Hall–Kier alpha value is -2.55. The lowest BCUT2D eigenvalue weighted by Gasteiger charge is -2.15. The number of amides is 1. The Morgan fingerprint density at radius 1 is 0.711 bits per heavy atom. The molecule has 0 aromatic carbocycles. The van der Waals surface area contributed by atoms with Crippen LogP contribution in [0.5, 0.6) is 0 Å². The summed E-state index contributed by atoms with van der Waals surface area (Å²) in [7, 11) is -4.41. The van der Waals surface area contributed by atoms with E-state index in [4.69, 9.17) is 13.8 Å². The second kappa shape index (κ2) is 31.4. The summed E-state index contributed by atoms with van der Waals surface area (Å²) in [6.07, 6.45) is 36.0. The molecule has 0 aromatic heterocycles. The minimum Gasteiger partial charge on any atom is -0.463 e. The van der Waals surface area contributed by atoms with Gasteiger partial charge in [0, 0.05) is 19.4 Å². The molecule has 0 bridgehead atoms. The molecular weight excluding hydrogens is 593 g/mol. The number of ether oxygens (including phenoxy) is 1. The number of allylic oxidation sites excluding steroid dienone is 12. The highest BCUT2D eigenvalue weighted by molar-refractivity contribution is 7.47. The second-order valence-electron chi connectivity index (χ2n) is 10.4. The molecule has 256 valence electrons. The van der Waals surface area contributed by atoms with Crippen LogP contribution in [0.3, 0.4) is 0 Å². The predicted octanol–water partition coefficient (Wildman–Crippen LogP) is 7.98. The number of unbranched alkanes of at least 4 members (excludes halogenated alkanes) is 4. The van der Waals surface area contributed by atoms with E-state index < -0.39 is 26.5 Å². The monoisotopic (exact) mass is 651 g/mol. The summed E-state index contributed by atoms with van der Waals surface area (Å²) in [4.78, 5) is 33.3. The molecule has 0 rings (SSSR count). The molecule has 2 unspecified atom stereocenters. The Kier molecular flexibility index (Phi) is 29.7. The Morgan fingerprint density at radius 3 is 1.80 bits per heavy atom. The van der Waals surface area contributed by atoms with Crippen molar-refractivity contribution in [2.45, 2.75) is 110 Å². The van der Waals surface area contributed by atoms with Crippen LogP contribution in [0, 0.1) is 0 Å². The molecule has 2 atom stereocenters. The van der Waals surface area contributed by atoms with Crippen molar-refractivity contribution in [1.82, 2.24) is 5.32 Å². The highest BCUT2D eigenvalue weighted by Gasteiger charge is 2.23. The van der Waals surface area contributed by atoms with Gasteiger partial charge in [-0.25, -0.2) is 4.57 Å². The van der Waals surface area contributed by atoms with Gasteiger partial charge in [-0.05, 0) is 51.4 Å². The molecule has 45 heavy (non-hydrogen) atoms. The lowest BCUT2D eigenvalue weighted by Crippen LogP contribution is -2.27. The highest BCUT2D eigenvalue weighted by Crippen LogP contribution is 2.42. The summed E-state index contributed by atoms with van der Waals surface area (Å²) in [6.45, 7) is 3.21. The summed E-state index contributed by atoms with van der Waals surface area (Å²) < 4.78 is 26.5. The summed E-state index contributed by atoms with van der Waals surface area (Å²) in [5.74, 6) is -0.625. The van der Waals surface area contributed by atoms with Crippen LogP contribution in [0.15, 0.2) is 72.9 Å². The zero-order valence-electron chi connectivity index (χ0n) is 27.5. The molecule has 0 aliphatic carbocycles. The molecule has 0 heterocycles. The summed E-state index contributed by atoms with van der Waals surface area (Å²) in [5, 5.41) is 12.5. The molecule has 0 aliphatic rings. The third kappa shape index (κ3) is 32.6. The van der Waals surface area contributed by atoms with E-state index in [2.05, 4.69) is 79.9 Å². The largest absolute Gasteiger partial charge is 0.472 e. The normalized spacial score (nSPS) is 14.5. The van der Waals surface area contributed by atoms with Crippen LogP contribution in [-0.2, 0) is 27.9 Å². The zero-order chi connectivity index (χ0) is 33.3. The van der Waals surface area contributed by atoms with Crippen molar-refractivity contribution in [2.75, 3.05) is 26.4 Å². The molecule has 9 nitrogen and oxygen atoms in total. The summed E-state index contributed by atoms with van der Waals surface area (Å²) in [5.41, 5.74) is 0. The maximum atomic E-state index is 11.9. The quantitative estimate of drug-likeness (QED) is 0.0321. The van der Waals surface area contributed by atoms with E-state index in [-0.39, 0.29) is 32.1 Å². The Bertz CT molecular complexity index is 971. The molecule has 3 N–H and O–H groups in total. The standard InChI is InChI=1S/C35H58NO8P/c1-3-5-7-9-10-11-12-13-14-15-16-17-18-19-20-21-22-24-26-28-35(39)42-31-33(37)32-44-45(40,41)43-30-29-36-34(38)27-25-23-8-6-4-2/h5,7,10-11,13-14,16-17,19-20,22,24,33,37H,3-4,6,8-9,12,15,18,21,23,25-32H2,1-2H3,(H,36,38)(H,40,41)/b7-5-,11-10-,14-13-,17-16-,20-19-,24-22-. The first-order chi connectivity index (χ1) is 21.8. The topological polar surface area (TPSA) is 131 Å². The van der Waals surface area contributed by atoms with Crippen molar-refractivity contribution in [1.29, 1.82) is 0 Å². The van der Waals surface area contributed by atoms with Crippen LogP contribution in [0.4, 0.5) is 0 Å². The number of nitrogens with one attached hydrogen (secondary N) is 1. The minimum absolute atomic E-state index is 0.0681. The van der Waals surface area contributed by atoms with Gasteiger partial charge in [-0.3, -0.25) is 18.6 Å². The van der Waals surface area contributed by atoms with Gasteiger partial charge in [0.1, 0.15) is 12.7 Å². The first-order valence-corrected chi connectivity index (χ1v) is 17.9. The zero-order valence-corrected chi connectivity index (χ0v) is 28.4. The van der Waals surface area contributed by atoms with Crippen LogP contribution in [0.2, 0.25) is 0 Å². The number of carbonyl (C=O) groups excluding carboxylic acids is 2. The molecule has 0 saturated carbocycles. The molecule has 0 saturated heterocycles. The first kappa shape index (κ1) is 42.5. The van der Waals surface area contributed by atoms with E-state index in [9.17, 15) is 24.2 Å². The third-order valence-corrected chi connectivity index (χ3v) is 7.15. The molecule has 0 fully saturated rings. The van der Waals surface area contributed by atoms with Gasteiger partial charge in [-0.1, -0.05) is 112 Å². The van der Waals surface area contributed by atoms with Crippen LogP contribution in [0.1, 0.15) is 104 Å². The Morgan fingerprint density at radius 2 is 1.24 bits per heavy atom. The SMILES string of the molecule is CC/C=C\C/C=C\C/C=C\C/C=C\C/C=C\C/C=C\CCC(=O)OCC(O)COP(=O)(O)OCCNC(=O)CCCCCCC. The predicted molar refractivity (Wildman–Crippen MR) is 183 cm³/mol. The van der Waals surface area contributed by atoms with E-state index in [1.54, 1.807) is 0 Å². The maximum absolute atomic E-state index is 11.9. The number of aliphatic hydroxyl groups is 1. The Balaban J connectivity index is 3.81. The van der Waals surface area contributed by atoms with Crippen LogP contribution < -0.4 is 5.32 Å². The van der Waals surface area contributed by atoms with Crippen molar-refractivity contribution < 1.29 is 37.9 Å². The molecule has 10 heteroatoms. The van der Waals surface area contributed by atoms with Crippen molar-refractivity contribution in [2.24, 2.45) is 0 Å². The first-order valence-electron chi connectivity index (χ1n) is 16.4. The number of hydrogen-bond donors (Lipinski definition) is 3. The number of carbonyl (C=O) groups is 2. The molecular formula is C35H58NO8P. The van der Waals surface area contributed by atoms with E-state index >= 15 is 0 Å². The molecule has 0 radical (unpaired) electrons. The third-order valence-electron chi connectivity index (χ3n) is 6.16. The van der Waals surface area contributed by atoms with E-state index in [0.29, 0.717) is 12.8 Å². The number of aliphatic hydroxyl groups excluding tert-OH is 1. The minimum atomic E-state index is -4.41. The van der Waals surface area contributed by atoms with Gasteiger partial charge in [0.2, 0.25) is 5.91 Å². The van der Waals surface area contributed by atoms with Crippen molar-refractivity contribution in [3.8, 4) is 0 Å². The number of hydrogen-bond acceptors (Lipinski definition) is 7. The van der Waals surface area contributed by atoms with Crippen LogP contribution in [0.25, 0.3) is 0 Å². The second-order valence-corrected chi connectivity index (χ2v) is 11.9. The smallest absolute Gasteiger partial charge is 0.463 e. The fourth-order valence-corrected chi connectivity index (χ4v) is 4.45. The van der Waals surface area contributed by atoms with Gasteiger partial charge in [0.05, 0.1) is 13.2 Å². The fraction of sp³-hybridized carbons (Fsp3) is 0.600. The van der Waals surface area contributed by atoms with Gasteiger partial charge in [-0.2, -0.15) is 0 Å². The fourth-order valence-electron chi connectivity index (χ4n) is 3.70.